The van der Waals surface area contributed by atoms with Gasteiger partial charge in [-0.15, -0.1) is 0 Å². The third kappa shape index (κ3) is 3.57. The molecule has 4 nitrogen and oxygen atoms in total. The molecule has 1 heterocycles. The molecule has 2 rings (SSSR count). The van der Waals surface area contributed by atoms with E-state index in [0.717, 1.165) is 20.1 Å². The van der Waals surface area contributed by atoms with Crippen molar-refractivity contribution in [3.05, 3.63) is 56.2 Å². The molecule has 1 aromatic carbocycles. The average molecular weight is 398 g/mol. The number of aliphatic hydroxyl groups excluding tert-OH is 1. The van der Waals surface area contributed by atoms with E-state index in [-0.39, 0.29) is 6.61 Å². The third-order valence-corrected chi connectivity index (χ3v) is 3.74. The molecule has 6 heteroatoms. The molecule has 102 valence electrons. The van der Waals surface area contributed by atoms with Crippen LogP contribution in [0.15, 0.2) is 39.4 Å². The number of pyridine rings is 1. The van der Waals surface area contributed by atoms with Gasteiger partial charge in [-0.2, -0.15) is 5.26 Å². The predicted octanol–water partition coefficient (Wildman–Crippen LogP) is 3.55. The molecular weight excluding hydrogens is 388 g/mol. The summed E-state index contributed by atoms with van der Waals surface area (Å²) < 4.78 is 7.25. The molecule has 0 unspecified atom stereocenters. The van der Waals surface area contributed by atoms with Crippen molar-refractivity contribution < 1.29 is 9.84 Å². The van der Waals surface area contributed by atoms with Crippen molar-refractivity contribution in [2.75, 3.05) is 0 Å². The summed E-state index contributed by atoms with van der Waals surface area (Å²) in [5.74, 6) is 0.650. The van der Waals surface area contributed by atoms with Crippen molar-refractivity contribution in [1.82, 2.24) is 4.98 Å². The summed E-state index contributed by atoms with van der Waals surface area (Å²) in [6, 6.07) is 9.07. The van der Waals surface area contributed by atoms with E-state index in [1.54, 1.807) is 30.5 Å². The van der Waals surface area contributed by atoms with Gasteiger partial charge in [-0.1, -0.05) is 0 Å². The van der Waals surface area contributed by atoms with Crippen LogP contribution in [-0.2, 0) is 13.2 Å². The summed E-state index contributed by atoms with van der Waals surface area (Å²) in [4.78, 5) is 3.91. The van der Waals surface area contributed by atoms with Gasteiger partial charge in [0, 0.05) is 6.20 Å². The summed E-state index contributed by atoms with van der Waals surface area (Å²) in [5.41, 5.74) is 2.01. The Labute approximate surface area is 133 Å². The Kier molecular flexibility index (Phi) is 5.12. The van der Waals surface area contributed by atoms with Gasteiger partial charge in [-0.3, -0.25) is 0 Å². The maximum Gasteiger partial charge on any atom is 0.148 e. The van der Waals surface area contributed by atoms with Gasteiger partial charge in [0.1, 0.15) is 24.1 Å². The van der Waals surface area contributed by atoms with E-state index in [1.807, 2.05) is 6.07 Å². The number of nitrogens with zero attached hydrogens (tertiary/aromatic N) is 2. The van der Waals surface area contributed by atoms with E-state index in [4.69, 9.17) is 15.1 Å². The Morgan fingerprint density at radius 2 is 1.90 bits per heavy atom. The highest BCUT2D eigenvalue weighted by molar-refractivity contribution is 9.11. The number of hydrogen-bond acceptors (Lipinski definition) is 4. The smallest absolute Gasteiger partial charge is 0.148 e. The van der Waals surface area contributed by atoms with E-state index in [9.17, 15) is 0 Å². The fraction of sp³-hybridized carbons (Fsp3) is 0.143. The second-order valence-electron chi connectivity index (χ2n) is 4.00. The Balaban J connectivity index is 2.17. The van der Waals surface area contributed by atoms with Crippen LogP contribution in [0.25, 0.3) is 0 Å². The van der Waals surface area contributed by atoms with Gasteiger partial charge in [0.2, 0.25) is 0 Å². The minimum Gasteiger partial charge on any atom is -0.487 e. The zero-order chi connectivity index (χ0) is 14.5. The van der Waals surface area contributed by atoms with E-state index >= 15 is 0 Å². The van der Waals surface area contributed by atoms with Crippen LogP contribution in [0, 0.1) is 11.3 Å². The van der Waals surface area contributed by atoms with E-state index in [1.165, 1.54) is 0 Å². The van der Waals surface area contributed by atoms with Gasteiger partial charge in [0.15, 0.2) is 0 Å². The number of ether oxygens (including phenoxy) is 1. The first-order valence-corrected chi connectivity index (χ1v) is 7.29. The molecule has 0 saturated carbocycles. The summed E-state index contributed by atoms with van der Waals surface area (Å²) in [6.45, 7) is 0.292. The highest BCUT2D eigenvalue weighted by Crippen LogP contribution is 2.35. The monoisotopic (exact) mass is 396 g/mol. The number of aliphatic hydroxyl groups is 1. The number of halogens is 2. The number of rotatable bonds is 4. The molecule has 0 aliphatic carbocycles. The molecule has 0 aliphatic heterocycles. The Morgan fingerprint density at radius 1 is 1.20 bits per heavy atom. The van der Waals surface area contributed by atoms with E-state index < -0.39 is 0 Å². The molecule has 0 spiro atoms. The van der Waals surface area contributed by atoms with Crippen molar-refractivity contribution in [3.63, 3.8) is 0 Å². The lowest BCUT2D eigenvalue weighted by molar-refractivity contribution is 0.280. The Hall–Kier alpha value is -1.42. The van der Waals surface area contributed by atoms with Crippen molar-refractivity contribution >= 4 is 31.9 Å². The third-order valence-electron chi connectivity index (χ3n) is 2.56. The minimum atomic E-state index is -0.0344. The highest BCUT2D eigenvalue weighted by atomic mass is 79.9. The standard InChI is InChI=1S/C14H10Br2N2O2/c15-12-4-10(7-19)5-13(16)14(12)20-8-9-1-2-18-11(3-9)6-17/h1-5,19H,7-8H2. The molecule has 0 bridgehead atoms. The molecule has 2 aromatic rings. The summed E-state index contributed by atoms with van der Waals surface area (Å²) >= 11 is 6.82. The van der Waals surface area contributed by atoms with Crippen LogP contribution < -0.4 is 4.74 Å². The van der Waals surface area contributed by atoms with Crippen LogP contribution in [0.4, 0.5) is 0 Å². The number of aromatic nitrogens is 1. The van der Waals surface area contributed by atoms with Gasteiger partial charge < -0.3 is 9.84 Å². The molecule has 0 atom stereocenters. The van der Waals surface area contributed by atoms with Gasteiger partial charge in [0.05, 0.1) is 15.6 Å². The van der Waals surface area contributed by atoms with E-state index in [0.29, 0.717) is 18.1 Å². The molecular formula is C14H10Br2N2O2. The van der Waals surface area contributed by atoms with Crippen LogP contribution in [0.5, 0.6) is 5.75 Å². The van der Waals surface area contributed by atoms with Crippen LogP contribution in [-0.4, -0.2) is 10.1 Å². The lowest BCUT2D eigenvalue weighted by Gasteiger charge is -2.11. The van der Waals surface area contributed by atoms with Gasteiger partial charge >= 0.3 is 0 Å². The van der Waals surface area contributed by atoms with Crippen molar-refractivity contribution in [3.8, 4) is 11.8 Å². The normalized spacial score (nSPS) is 10.1. The largest absolute Gasteiger partial charge is 0.487 e. The second kappa shape index (κ2) is 6.84. The highest BCUT2D eigenvalue weighted by Gasteiger charge is 2.09. The number of benzene rings is 1. The van der Waals surface area contributed by atoms with Crippen molar-refractivity contribution in [2.24, 2.45) is 0 Å². The minimum absolute atomic E-state index is 0.0344. The Morgan fingerprint density at radius 3 is 2.50 bits per heavy atom. The van der Waals surface area contributed by atoms with Crippen molar-refractivity contribution in [1.29, 1.82) is 5.26 Å². The first-order valence-electron chi connectivity index (χ1n) is 5.70. The lowest BCUT2D eigenvalue weighted by Crippen LogP contribution is -1.99. The fourth-order valence-corrected chi connectivity index (χ4v) is 3.13. The zero-order valence-corrected chi connectivity index (χ0v) is 13.5. The molecule has 0 aliphatic rings. The fourth-order valence-electron chi connectivity index (χ4n) is 1.62. The molecule has 0 saturated heterocycles. The van der Waals surface area contributed by atoms with Crippen molar-refractivity contribution in [2.45, 2.75) is 13.2 Å². The topological polar surface area (TPSA) is 66.1 Å². The molecule has 0 radical (unpaired) electrons. The SMILES string of the molecule is N#Cc1cc(COc2c(Br)cc(CO)cc2Br)ccn1. The van der Waals surface area contributed by atoms with Gasteiger partial charge in [-0.05, 0) is 67.3 Å². The first-order chi connectivity index (χ1) is 9.63. The summed E-state index contributed by atoms with van der Waals surface area (Å²) in [6.07, 6.45) is 1.58. The van der Waals surface area contributed by atoms with Crippen LogP contribution in [0.3, 0.4) is 0 Å². The lowest BCUT2D eigenvalue weighted by atomic mass is 10.2. The maximum atomic E-state index is 9.12. The molecule has 1 aromatic heterocycles. The molecule has 0 fully saturated rings. The first kappa shape index (κ1) is 15.0. The van der Waals surface area contributed by atoms with Crippen LogP contribution in [0.2, 0.25) is 0 Å². The average Bonchev–Trinajstić information content (AvgIpc) is 2.46. The molecule has 1 N–H and O–H groups in total. The maximum absolute atomic E-state index is 9.12. The number of nitriles is 1. The quantitative estimate of drug-likeness (QED) is 0.856. The van der Waals surface area contributed by atoms with Gasteiger partial charge in [0.25, 0.3) is 0 Å². The molecule has 20 heavy (non-hydrogen) atoms. The number of hydrogen-bond donors (Lipinski definition) is 1. The summed E-state index contributed by atoms with van der Waals surface area (Å²) in [5, 5.41) is 17.9. The van der Waals surface area contributed by atoms with E-state index in [2.05, 4.69) is 36.8 Å². The summed E-state index contributed by atoms with van der Waals surface area (Å²) in [7, 11) is 0. The Bertz CT molecular complexity index is 645. The second-order valence-corrected chi connectivity index (χ2v) is 5.71. The van der Waals surface area contributed by atoms with Crippen LogP contribution in [0.1, 0.15) is 16.8 Å². The molecule has 0 amide bonds. The van der Waals surface area contributed by atoms with Crippen LogP contribution >= 0.6 is 31.9 Å². The van der Waals surface area contributed by atoms with Gasteiger partial charge in [-0.25, -0.2) is 4.98 Å². The zero-order valence-electron chi connectivity index (χ0n) is 10.3. The predicted molar refractivity (Wildman–Crippen MR) is 81.0 cm³/mol.